The zero-order chi connectivity index (χ0) is 13.3. The summed E-state index contributed by atoms with van der Waals surface area (Å²) in [5.41, 5.74) is 0. The van der Waals surface area contributed by atoms with Gasteiger partial charge in [-0.2, -0.15) is 0 Å². The van der Waals surface area contributed by atoms with Gasteiger partial charge in [-0.05, 0) is 25.6 Å². The van der Waals surface area contributed by atoms with Gasteiger partial charge in [0, 0.05) is 0 Å². The summed E-state index contributed by atoms with van der Waals surface area (Å²) in [4.78, 5) is 10.6. The van der Waals surface area contributed by atoms with Crippen LogP contribution in [0.15, 0.2) is 12.7 Å². The lowest BCUT2D eigenvalue weighted by atomic mass is 10.2. The molecule has 0 aromatic rings. The van der Waals surface area contributed by atoms with Crippen LogP contribution in [0, 0.1) is 0 Å². The highest BCUT2D eigenvalue weighted by Crippen LogP contribution is 2.15. The molecule has 17 heavy (non-hydrogen) atoms. The van der Waals surface area contributed by atoms with E-state index in [0.717, 1.165) is 6.04 Å². The number of carboxylic acid groups (broad SMARTS) is 1. The molecule has 1 amide bonds. The van der Waals surface area contributed by atoms with Crippen molar-refractivity contribution in [1.82, 2.24) is 5.32 Å². The number of hydrogen-bond donors (Lipinski definition) is 2. The highest BCUT2D eigenvalue weighted by atomic mass is 28.4. The van der Waals surface area contributed by atoms with E-state index < -0.39 is 14.4 Å². The molecular weight excluding hydrogens is 234 g/mol. The summed E-state index contributed by atoms with van der Waals surface area (Å²) in [6.07, 6.45) is 3.66. The molecular formula is C12H25NO3Si. The van der Waals surface area contributed by atoms with E-state index in [-0.39, 0.29) is 6.04 Å². The number of hydrogen-bond acceptors (Lipinski definition) is 2. The predicted molar refractivity (Wildman–Crippen MR) is 72.9 cm³/mol. The summed E-state index contributed by atoms with van der Waals surface area (Å²) < 4.78 is 5.91. The fourth-order valence-electron chi connectivity index (χ4n) is 1.55. The summed E-state index contributed by atoms with van der Waals surface area (Å²) in [5.74, 6) is 0. The van der Waals surface area contributed by atoms with Gasteiger partial charge in [0.2, 0.25) is 0 Å². The topological polar surface area (TPSA) is 58.6 Å². The zero-order valence-corrected chi connectivity index (χ0v) is 12.2. The van der Waals surface area contributed by atoms with Crippen LogP contribution in [0.25, 0.3) is 0 Å². The summed E-state index contributed by atoms with van der Waals surface area (Å²) in [5, 5.41) is 11.1. The lowest BCUT2D eigenvalue weighted by Crippen LogP contribution is -2.41. The monoisotopic (exact) mass is 259 g/mol. The molecule has 0 saturated heterocycles. The van der Waals surface area contributed by atoms with Crippen LogP contribution in [0.4, 0.5) is 4.79 Å². The molecule has 0 aliphatic heterocycles. The Labute approximate surface area is 105 Å². The molecule has 0 aliphatic carbocycles. The van der Waals surface area contributed by atoms with Crippen molar-refractivity contribution in [3.05, 3.63) is 12.7 Å². The summed E-state index contributed by atoms with van der Waals surface area (Å²) in [6.45, 7) is 10.6. The molecule has 0 spiro atoms. The summed E-state index contributed by atoms with van der Waals surface area (Å²) in [7, 11) is -1.63. The zero-order valence-electron chi connectivity index (χ0n) is 11.2. The Balaban J connectivity index is 4.08. The molecule has 0 aliphatic rings. The molecule has 1 atom stereocenters. The number of unbranched alkanes of at least 4 members (excludes halogenated alkanes) is 1. The van der Waals surface area contributed by atoms with E-state index in [0.29, 0.717) is 13.0 Å². The van der Waals surface area contributed by atoms with Crippen molar-refractivity contribution in [2.75, 3.05) is 6.61 Å². The molecule has 0 aromatic carbocycles. The van der Waals surface area contributed by atoms with Gasteiger partial charge < -0.3 is 14.8 Å². The van der Waals surface area contributed by atoms with Crippen LogP contribution in [-0.2, 0) is 4.43 Å². The summed E-state index contributed by atoms with van der Waals surface area (Å²) in [6, 6.07) is 0.940. The lowest BCUT2D eigenvalue weighted by molar-refractivity contribution is 0.180. The van der Waals surface area contributed by atoms with Gasteiger partial charge in [0.05, 0.1) is 12.6 Å². The van der Waals surface area contributed by atoms with E-state index in [1.807, 2.05) is 0 Å². The third-order valence-electron chi connectivity index (χ3n) is 2.59. The number of nitrogens with one attached hydrogen (secondary N) is 1. The lowest BCUT2D eigenvalue weighted by Gasteiger charge is -2.26. The van der Waals surface area contributed by atoms with Crippen molar-refractivity contribution < 1.29 is 14.3 Å². The van der Waals surface area contributed by atoms with Gasteiger partial charge in [-0.1, -0.05) is 25.8 Å². The van der Waals surface area contributed by atoms with Crippen molar-refractivity contribution in [2.24, 2.45) is 0 Å². The number of carbonyl (C=O) groups is 1. The Hall–Kier alpha value is -0.813. The second kappa shape index (κ2) is 8.30. The molecule has 1 unspecified atom stereocenters. The quantitative estimate of drug-likeness (QED) is 0.494. The van der Waals surface area contributed by atoms with Gasteiger partial charge >= 0.3 is 6.09 Å². The standard InChI is InChI=1S/C12H25NO3Si/c1-5-7-9-17(3,4)16-10-11(8-6-2)13-12(14)15/h6,11,13H,2,5,7-10H2,1,3-4H3,(H,14,15). The van der Waals surface area contributed by atoms with E-state index >= 15 is 0 Å². The maximum absolute atomic E-state index is 10.6. The maximum atomic E-state index is 10.6. The first-order valence-electron chi connectivity index (χ1n) is 6.15. The summed E-state index contributed by atoms with van der Waals surface area (Å²) >= 11 is 0. The maximum Gasteiger partial charge on any atom is 0.404 e. The van der Waals surface area contributed by atoms with Crippen LogP contribution in [0.1, 0.15) is 26.2 Å². The normalized spacial score (nSPS) is 13.1. The average Bonchev–Trinajstić information content (AvgIpc) is 2.23. The minimum absolute atomic E-state index is 0.182. The Kier molecular flexibility index (Phi) is 7.91. The van der Waals surface area contributed by atoms with Crippen LogP contribution in [0.5, 0.6) is 0 Å². The highest BCUT2D eigenvalue weighted by Gasteiger charge is 2.23. The first-order valence-corrected chi connectivity index (χ1v) is 9.27. The Morgan fingerprint density at radius 2 is 2.24 bits per heavy atom. The van der Waals surface area contributed by atoms with Crippen LogP contribution >= 0.6 is 0 Å². The van der Waals surface area contributed by atoms with Crippen molar-refractivity contribution in [2.45, 2.75) is 51.4 Å². The third-order valence-corrected chi connectivity index (χ3v) is 5.09. The molecule has 0 bridgehead atoms. The van der Waals surface area contributed by atoms with E-state index in [9.17, 15) is 4.79 Å². The van der Waals surface area contributed by atoms with Crippen molar-refractivity contribution >= 4 is 14.4 Å². The smallest absolute Gasteiger partial charge is 0.404 e. The Bertz CT molecular complexity index is 244. The first kappa shape index (κ1) is 16.2. The Morgan fingerprint density at radius 1 is 1.59 bits per heavy atom. The fourth-order valence-corrected chi connectivity index (χ4v) is 3.55. The SMILES string of the molecule is C=CCC(CO[Si](C)(C)CCCC)NC(=O)O. The second-order valence-electron chi connectivity index (χ2n) is 4.85. The van der Waals surface area contributed by atoms with Gasteiger partial charge in [-0.15, -0.1) is 6.58 Å². The highest BCUT2D eigenvalue weighted by molar-refractivity contribution is 6.71. The molecule has 0 rings (SSSR count). The van der Waals surface area contributed by atoms with E-state index in [2.05, 4.69) is 31.9 Å². The van der Waals surface area contributed by atoms with Crippen molar-refractivity contribution in [3.8, 4) is 0 Å². The predicted octanol–water partition coefficient (Wildman–Crippen LogP) is 3.22. The van der Waals surface area contributed by atoms with Crippen LogP contribution < -0.4 is 5.32 Å². The minimum atomic E-state index is -1.63. The number of rotatable bonds is 9. The van der Waals surface area contributed by atoms with E-state index in [4.69, 9.17) is 9.53 Å². The molecule has 100 valence electrons. The minimum Gasteiger partial charge on any atom is -0.465 e. The fraction of sp³-hybridized carbons (Fsp3) is 0.750. The van der Waals surface area contributed by atoms with Crippen LogP contribution in [-0.4, -0.2) is 32.2 Å². The molecule has 0 radical (unpaired) electrons. The van der Waals surface area contributed by atoms with Crippen LogP contribution in [0.3, 0.4) is 0 Å². The van der Waals surface area contributed by atoms with Gasteiger partial charge in [0.1, 0.15) is 0 Å². The van der Waals surface area contributed by atoms with E-state index in [1.54, 1.807) is 6.08 Å². The first-order chi connectivity index (χ1) is 7.91. The molecule has 2 N–H and O–H groups in total. The van der Waals surface area contributed by atoms with Gasteiger partial charge in [0.25, 0.3) is 0 Å². The molecule has 0 aromatic heterocycles. The third kappa shape index (κ3) is 8.94. The van der Waals surface area contributed by atoms with Crippen molar-refractivity contribution in [1.29, 1.82) is 0 Å². The Morgan fingerprint density at radius 3 is 2.71 bits per heavy atom. The van der Waals surface area contributed by atoms with Crippen molar-refractivity contribution in [3.63, 3.8) is 0 Å². The van der Waals surface area contributed by atoms with Gasteiger partial charge in [0.15, 0.2) is 8.32 Å². The molecule has 4 nitrogen and oxygen atoms in total. The molecule has 0 heterocycles. The average molecular weight is 259 g/mol. The van der Waals surface area contributed by atoms with Gasteiger partial charge in [-0.3, -0.25) is 0 Å². The molecule has 0 fully saturated rings. The largest absolute Gasteiger partial charge is 0.465 e. The van der Waals surface area contributed by atoms with Gasteiger partial charge in [-0.25, -0.2) is 4.79 Å². The van der Waals surface area contributed by atoms with E-state index in [1.165, 1.54) is 12.8 Å². The molecule has 0 saturated carbocycles. The second-order valence-corrected chi connectivity index (χ2v) is 9.15. The number of amides is 1. The van der Waals surface area contributed by atoms with Crippen LogP contribution in [0.2, 0.25) is 19.1 Å². The molecule has 5 heteroatoms.